The molecular weight excluding hydrogens is 280 g/mol. The van der Waals surface area contributed by atoms with Gasteiger partial charge in [0.05, 0.1) is 19.8 Å². The summed E-state index contributed by atoms with van der Waals surface area (Å²) in [5.41, 5.74) is 5.12. The summed E-state index contributed by atoms with van der Waals surface area (Å²) in [6.07, 6.45) is -0.977. The first-order chi connectivity index (χ1) is 9.88. The Morgan fingerprint density at radius 2 is 1.86 bits per heavy atom. The molecule has 0 aliphatic heterocycles. The highest BCUT2D eigenvalue weighted by Gasteiger charge is 2.19. The minimum atomic E-state index is -0.977. The zero-order valence-corrected chi connectivity index (χ0v) is 11.8. The van der Waals surface area contributed by atoms with Crippen LogP contribution >= 0.6 is 0 Å². The van der Waals surface area contributed by atoms with Gasteiger partial charge in [-0.25, -0.2) is 9.59 Å². The van der Waals surface area contributed by atoms with E-state index in [1.54, 1.807) is 0 Å². The third-order valence-corrected chi connectivity index (χ3v) is 2.50. The number of methoxy groups -OCH3 is 2. The molecule has 0 bridgehead atoms. The molecule has 0 fully saturated rings. The van der Waals surface area contributed by atoms with Crippen molar-refractivity contribution in [3.63, 3.8) is 0 Å². The van der Waals surface area contributed by atoms with Gasteiger partial charge in [-0.05, 0) is 25.1 Å². The van der Waals surface area contributed by atoms with Crippen LogP contribution in [0.3, 0.4) is 0 Å². The predicted octanol–water partition coefficient (Wildman–Crippen LogP) is 0.444. The standard InChI is InChI=1S/C13H16N2O6/c1-7(11(16)15-13(14)18)21-9-5-4-8(12(17)20-3)6-10(9)19-2/h4-7H,1-3H3,(H3,14,15,16,18)/t7-/m1/s1. The molecule has 8 heteroatoms. The van der Waals surface area contributed by atoms with Gasteiger partial charge in [0, 0.05) is 0 Å². The number of carbonyl (C=O) groups excluding carboxylic acids is 3. The summed E-state index contributed by atoms with van der Waals surface area (Å²) in [6, 6.07) is 3.37. The fourth-order valence-corrected chi connectivity index (χ4v) is 1.48. The lowest BCUT2D eigenvalue weighted by Crippen LogP contribution is -2.42. The number of nitrogens with two attached hydrogens (primary N) is 1. The highest BCUT2D eigenvalue weighted by atomic mass is 16.5. The third kappa shape index (κ3) is 4.37. The van der Waals surface area contributed by atoms with Crippen molar-refractivity contribution in [1.29, 1.82) is 0 Å². The molecule has 1 aromatic rings. The minimum absolute atomic E-state index is 0.234. The summed E-state index contributed by atoms with van der Waals surface area (Å²) in [6.45, 7) is 1.44. The number of amides is 3. The minimum Gasteiger partial charge on any atom is -0.493 e. The van der Waals surface area contributed by atoms with E-state index in [1.807, 2.05) is 5.32 Å². The number of hydrogen-bond acceptors (Lipinski definition) is 6. The van der Waals surface area contributed by atoms with Gasteiger partial charge in [-0.1, -0.05) is 0 Å². The average Bonchev–Trinajstić information content (AvgIpc) is 2.45. The number of benzene rings is 1. The van der Waals surface area contributed by atoms with E-state index in [0.717, 1.165) is 0 Å². The molecule has 114 valence electrons. The molecule has 21 heavy (non-hydrogen) atoms. The highest BCUT2D eigenvalue weighted by Crippen LogP contribution is 2.29. The van der Waals surface area contributed by atoms with Crippen LogP contribution in [-0.2, 0) is 9.53 Å². The molecular formula is C13H16N2O6. The Kier molecular flexibility index (Phi) is 5.53. The number of imide groups is 1. The Bertz CT molecular complexity index is 558. The normalized spacial score (nSPS) is 11.2. The molecule has 0 spiro atoms. The molecule has 0 saturated heterocycles. The van der Waals surface area contributed by atoms with Gasteiger partial charge >= 0.3 is 12.0 Å². The summed E-state index contributed by atoms with van der Waals surface area (Å²) in [5.74, 6) is -0.741. The van der Waals surface area contributed by atoms with E-state index in [4.69, 9.17) is 15.2 Å². The van der Waals surface area contributed by atoms with Crippen molar-refractivity contribution in [2.75, 3.05) is 14.2 Å². The van der Waals surface area contributed by atoms with Crippen molar-refractivity contribution in [1.82, 2.24) is 5.32 Å². The number of ether oxygens (including phenoxy) is 3. The lowest BCUT2D eigenvalue weighted by atomic mass is 10.2. The molecule has 1 aromatic carbocycles. The van der Waals surface area contributed by atoms with Gasteiger partial charge in [-0.15, -0.1) is 0 Å². The van der Waals surface area contributed by atoms with E-state index in [1.165, 1.54) is 39.3 Å². The van der Waals surface area contributed by atoms with Crippen LogP contribution in [0, 0.1) is 0 Å². The second-order valence-corrected chi connectivity index (χ2v) is 3.97. The number of nitrogens with one attached hydrogen (secondary N) is 1. The van der Waals surface area contributed by atoms with Crippen molar-refractivity contribution in [3.8, 4) is 11.5 Å². The van der Waals surface area contributed by atoms with Crippen LogP contribution < -0.4 is 20.5 Å². The van der Waals surface area contributed by atoms with Gasteiger partial charge in [-0.3, -0.25) is 10.1 Å². The number of carbonyl (C=O) groups is 3. The van der Waals surface area contributed by atoms with Crippen molar-refractivity contribution in [3.05, 3.63) is 23.8 Å². The van der Waals surface area contributed by atoms with E-state index >= 15 is 0 Å². The van der Waals surface area contributed by atoms with Crippen LogP contribution in [0.15, 0.2) is 18.2 Å². The quantitative estimate of drug-likeness (QED) is 0.762. The third-order valence-electron chi connectivity index (χ3n) is 2.50. The van der Waals surface area contributed by atoms with Crippen molar-refractivity contribution in [2.45, 2.75) is 13.0 Å². The topological polar surface area (TPSA) is 117 Å². The largest absolute Gasteiger partial charge is 0.493 e. The van der Waals surface area contributed by atoms with E-state index in [2.05, 4.69) is 4.74 Å². The van der Waals surface area contributed by atoms with E-state index in [9.17, 15) is 14.4 Å². The summed E-state index contributed by atoms with van der Waals surface area (Å²) < 4.78 is 15.0. The van der Waals surface area contributed by atoms with Crippen molar-refractivity contribution < 1.29 is 28.6 Å². The number of hydrogen-bond donors (Lipinski definition) is 2. The maximum absolute atomic E-state index is 11.5. The van der Waals surface area contributed by atoms with Crippen LogP contribution in [-0.4, -0.2) is 38.2 Å². The molecule has 0 aliphatic rings. The number of primary amides is 1. The molecule has 0 heterocycles. The molecule has 0 aliphatic carbocycles. The molecule has 0 aromatic heterocycles. The first-order valence-corrected chi connectivity index (χ1v) is 5.92. The molecule has 3 amide bonds. The number of urea groups is 1. The molecule has 1 rings (SSSR count). The zero-order chi connectivity index (χ0) is 16.0. The summed E-state index contributed by atoms with van der Waals surface area (Å²) >= 11 is 0. The van der Waals surface area contributed by atoms with Crippen LogP contribution in [0.4, 0.5) is 4.79 Å². The van der Waals surface area contributed by atoms with Crippen LogP contribution in [0.1, 0.15) is 17.3 Å². The zero-order valence-electron chi connectivity index (χ0n) is 11.8. The second kappa shape index (κ2) is 7.13. The Balaban J connectivity index is 2.90. The molecule has 1 atom stereocenters. The highest BCUT2D eigenvalue weighted by molar-refractivity contribution is 5.95. The number of rotatable bonds is 5. The fourth-order valence-electron chi connectivity index (χ4n) is 1.48. The summed E-state index contributed by atoms with van der Waals surface area (Å²) in [7, 11) is 2.65. The Labute approximate surface area is 121 Å². The van der Waals surface area contributed by atoms with Gasteiger partial charge in [-0.2, -0.15) is 0 Å². The average molecular weight is 296 g/mol. The molecule has 8 nitrogen and oxygen atoms in total. The molecule has 3 N–H and O–H groups in total. The first-order valence-electron chi connectivity index (χ1n) is 5.92. The lowest BCUT2D eigenvalue weighted by molar-refractivity contribution is -0.126. The summed E-state index contributed by atoms with van der Waals surface area (Å²) in [5, 5.41) is 1.90. The van der Waals surface area contributed by atoms with Crippen molar-refractivity contribution >= 4 is 17.9 Å². The van der Waals surface area contributed by atoms with Crippen LogP contribution in [0.25, 0.3) is 0 Å². The van der Waals surface area contributed by atoms with Crippen LogP contribution in [0.2, 0.25) is 0 Å². The summed E-state index contributed by atoms with van der Waals surface area (Å²) in [4.78, 5) is 33.5. The van der Waals surface area contributed by atoms with Gasteiger partial charge < -0.3 is 19.9 Å². The molecule has 0 unspecified atom stereocenters. The monoisotopic (exact) mass is 296 g/mol. The predicted molar refractivity (Wildman–Crippen MR) is 72.1 cm³/mol. The van der Waals surface area contributed by atoms with Crippen molar-refractivity contribution in [2.24, 2.45) is 5.73 Å². The van der Waals surface area contributed by atoms with E-state index in [0.29, 0.717) is 0 Å². The van der Waals surface area contributed by atoms with E-state index < -0.39 is 24.0 Å². The van der Waals surface area contributed by atoms with Gasteiger partial charge in [0.1, 0.15) is 0 Å². The molecule has 0 saturated carbocycles. The van der Waals surface area contributed by atoms with E-state index in [-0.39, 0.29) is 17.1 Å². The Hall–Kier alpha value is -2.77. The lowest BCUT2D eigenvalue weighted by Gasteiger charge is -2.16. The maximum Gasteiger partial charge on any atom is 0.337 e. The SMILES string of the molecule is COC(=O)c1ccc(O[C@H](C)C(=O)NC(N)=O)c(OC)c1. The molecule has 0 radical (unpaired) electrons. The maximum atomic E-state index is 11.5. The second-order valence-electron chi connectivity index (χ2n) is 3.97. The number of esters is 1. The van der Waals surface area contributed by atoms with Gasteiger partial charge in [0.15, 0.2) is 17.6 Å². The smallest absolute Gasteiger partial charge is 0.337 e. The Morgan fingerprint density at radius 1 is 1.19 bits per heavy atom. The van der Waals surface area contributed by atoms with Gasteiger partial charge in [0.2, 0.25) is 0 Å². The Morgan fingerprint density at radius 3 is 2.38 bits per heavy atom. The van der Waals surface area contributed by atoms with Crippen LogP contribution in [0.5, 0.6) is 11.5 Å². The first kappa shape index (κ1) is 16.3. The van der Waals surface area contributed by atoms with Gasteiger partial charge in [0.25, 0.3) is 5.91 Å². The fraction of sp³-hybridized carbons (Fsp3) is 0.308.